The fourth-order valence-electron chi connectivity index (χ4n) is 3.46. The lowest BCUT2D eigenvalue weighted by Gasteiger charge is -2.29. The van der Waals surface area contributed by atoms with Gasteiger partial charge in [-0.05, 0) is 30.9 Å². The molecule has 1 aliphatic heterocycles. The number of dihydropyridines is 1. The number of nitrogens with one attached hydrogen (secondary N) is 2. The molecule has 1 aliphatic rings. The Balaban J connectivity index is 2.12. The lowest BCUT2D eigenvalue weighted by atomic mass is 9.82. The molecular weight excluding hydrogens is 416 g/mol. The van der Waals surface area contributed by atoms with Gasteiger partial charge in [0.15, 0.2) is 0 Å². The van der Waals surface area contributed by atoms with E-state index in [1.165, 1.54) is 31.0 Å². The van der Waals surface area contributed by atoms with Crippen LogP contribution in [-0.2, 0) is 4.79 Å². The predicted molar refractivity (Wildman–Crippen MR) is 119 cm³/mol. The number of ether oxygens (including phenoxy) is 1. The summed E-state index contributed by atoms with van der Waals surface area (Å²) in [7, 11) is 1.50. The van der Waals surface area contributed by atoms with E-state index in [4.69, 9.17) is 4.74 Å². The number of anilines is 1. The van der Waals surface area contributed by atoms with Gasteiger partial charge < -0.3 is 15.4 Å². The maximum Gasteiger partial charge on any atom is 0.269 e. The lowest BCUT2D eigenvalue weighted by molar-refractivity contribution is -0.384. The number of carbonyl (C=O) groups excluding carboxylic acids is 1. The smallest absolute Gasteiger partial charge is 0.269 e. The first kappa shape index (κ1) is 21.9. The number of nitrogens with zero attached hydrogens (tertiary/aromatic N) is 2. The number of hydrogen-bond donors (Lipinski definition) is 2. The number of hydrogen-bond acceptors (Lipinski definition) is 7. The molecule has 0 radical (unpaired) electrons. The van der Waals surface area contributed by atoms with Crippen molar-refractivity contribution in [2.75, 3.05) is 18.7 Å². The zero-order chi connectivity index (χ0) is 22.5. The van der Waals surface area contributed by atoms with Crippen molar-refractivity contribution >= 4 is 29.0 Å². The first-order chi connectivity index (χ1) is 14.9. The van der Waals surface area contributed by atoms with E-state index in [2.05, 4.69) is 16.7 Å². The van der Waals surface area contributed by atoms with E-state index in [1.54, 1.807) is 43.3 Å². The number of amides is 1. The van der Waals surface area contributed by atoms with E-state index in [0.29, 0.717) is 38.9 Å². The standard InChI is InChI=1S/C22H20N4O4S/c1-13-19(21(27)25-17-9-4-5-10-18(17)30-2)20(16(12-23)22(24-13)31-3)14-7-6-8-15(11-14)26(28)29/h4-11,20,24H,1-3H3,(H,25,27). The van der Waals surface area contributed by atoms with E-state index in [-0.39, 0.29) is 5.69 Å². The van der Waals surface area contributed by atoms with Crippen molar-refractivity contribution in [1.82, 2.24) is 5.32 Å². The van der Waals surface area contributed by atoms with E-state index < -0.39 is 16.7 Å². The maximum atomic E-state index is 13.4. The van der Waals surface area contributed by atoms with Crippen LogP contribution in [0.3, 0.4) is 0 Å². The topological polar surface area (TPSA) is 117 Å². The highest BCUT2D eigenvalue weighted by atomic mass is 32.2. The van der Waals surface area contributed by atoms with Crippen LogP contribution in [0.25, 0.3) is 0 Å². The summed E-state index contributed by atoms with van der Waals surface area (Å²) >= 11 is 1.34. The van der Waals surface area contributed by atoms with Gasteiger partial charge in [-0.25, -0.2) is 0 Å². The Morgan fingerprint density at radius 2 is 2.03 bits per heavy atom. The molecule has 2 aromatic rings. The Labute approximate surface area is 183 Å². The molecule has 0 bridgehead atoms. The fraction of sp³-hybridized carbons (Fsp3) is 0.182. The molecule has 2 aromatic carbocycles. The number of allylic oxidation sites excluding steroid dienone is 2. The first-order valence-electron chi connectivity index (χ1n) is 9.26. The van der Waals surface area contributed by atoms with Crippen LogP contribution < -0.4 is 15.4 Å². The lowest BCUT2D eigenvalue weighted by Crippen LogP contribution is -2.30. The summed E-state index contributed by atoms with van der Waals surface area (Å²) in [4.78, 5) is 24.2. The second-order valence-corrected chi connectivity index (χ2v) is 7.48. The quantitative estimate of drug-likeness (QED) is 0.512. The summed E-state index contributed by atoms with van der Waals surface area (Å²) in [5.41, 5.74) is 2.05. The fourth-order valence-corrected chi connectivity index (χ4v) is 4.10. The number of para-hydroxylation sites is 2. The molecule has 0 spiro atoms. The van der Waals surface area contributed by atoms with Gasteiger partial charge in [-0.3, -0.25) is 14.9 Å². The number of nitriles is 1. The van der Waals surface area contributed by atoms with Crippen LogP contribution in [0.4, 0.5) is 11.4 Å². The maximum absolute atomic E-state index is 13.4. The second-order valence-electron chi connectivity index (χ2n) is 6.66. The van der Waals surface area contributed by atoms with Gasteiger partial charge in [-0.2, -0.15) is 5.26 Å². The van der Waals surface area contributed by atoms with Gasteiger partial charge >= 0.3 is 0 Å². The van der Waals surface area contributed by atoms with Crippen LogP contribution >= 0.6 is 11.8 Å². The van der Waals surface area contributed by atoms with Crippen LogP contribution in [0, 0.1) is 21.4 Å². The third kappa shape index (κ3) is 4.39. The number of nitro groups is 1. The molecule has 2 N–H and O–H groups in total. The van der Waals surface area contributed by atoms with Gasteiger partial charge in [0.1, 0.15) is 5.75 Å². The minimum absolute atomic E-state index is 0.110. The zero-order valence-electron chi connectivity index (χ0n) is 17.1. The van der Waals surface area contributed by atoms with E-state index in [0.717, 1.165) is 0 Å². The van der Waals surface area contributed by atoms with Crippen LogP contribution in [0.2, 0.25) is 0 Å². The molecular formula is C22H20N4O4S. The van der Waals surface area contributed by atoms with Crippen LogP contribution in [-0.4, -0.2) is 24.2 Å². The van der Waals surface area contributed by atoms with Gasteiger partial charge in [0.05, 0.1) is 40.3 Å². The summed E-state index contributed by atoms with van der Waals surface area (Å²) in [6.07, 6.45) is 1.82. The molecule has 158 valence electrons. The molecule has 1 unspecified atom stereocenters. The van der Waals surface area contributed by atoms with Gasteiger partial charge in [0, 0.05) is 23.4 Å². The number of thioether (sulfide) groups is 1. The summed E-state index contributed by atoms with van der Waals surface area (Å²) in [6.45, 7) is 1.74. The molecule has 1 amide bonds. The first-order valence-corrected chi connectivity index (χ1v) is 10.5. The molecule has 1 heterocycles. The van der Waals surface area contributed by atoms with Gasteiger partial charge in [-0.1, -0.05) is 24.3 Å². The van der Waals surface area contributed by atoms with Crippen LogP contribution in [0.1, 0.15) is 18.4 Å². The molecule has 0 saturated carbocycles. The number of nitro benzene ring substituents is 1. The van der Waals surface area contributed by atoms with E-state index >= 15 is 0 Å². The van der Waals surface area contributed by atoms with Gasteiger partial charge in [0.2, 0.25) is 0 Å². The molecule has 0 saturated heterocycles. The van der Waals surface area contributed by atoms with Crippen molar-refractivity contribution < 1.29 is 14.5 Å². The summed E-state index contributed by atoms with van der Waals surface area (Å²) in [6, 6.07) is 15.2. The molecule has 0 fully saturated rings. The Kier molecular flexibility index (Phi) is 6.62. The molecule has 1 atom stereocenters. The summed E-state index contributed by atoms with van der Waals surface area (Å²) in [5, 5.41) is 27.8. The number of non-ortho nitro benzene ring substituents is 1. The Hall–Kier alpha value is -3.77. The SMILES string of the molecule is COc1ccccc1NC(=O)C1=C(C)NC(SC)=C(C#N)C1c1cccc([N+](=O)[O-])c1. The Bertz CT molecular complexity index is 1150. The third-order valence-corrected chi connectivity index (χ3v) is 5.60. The van der Waals surface area contributed by atoms with Crippen LogP contribution in [0.15, 0.2) is 70.4 Å². The summed E-state index contributed by atoms with van der Waals surface area (Å²) in [5.74, 6) is -0.701. The molecule has 0 aromatic heterocycles. The molecule has 31 heavy (non-hydrogen) atoms. The van der Waals surface area contributed by atoms with Crippen molar-refractivity contribution in [3.63, 3.8) is 0 Å². The molecule has 9 heteroatoms. The third-order valence-electron chi connectivity index (χ3n) is 4.87. The highest BCUT2D eigenvalue weighted by molar-refractivity contribution is 8.02. The molecule has 0 aliphatic carbocycles. The van der Waals surface area contributed by atoms with E-state index in [9.17, 15) is 20.2 Å². The van der Waals surface area contributed by atoms with Crippen molar-refractivity contribution in [3.05, 3.63) is 86.1 Å². The highest BCUT2D eigenvalue weighted by Crippen LogP contribution is 2.41. The minimum Gasteiger partial charge on any atom is -0.495 e. The molecule has 3 rings (SSSR count). The summed E-state index contributed by atoms with van der Waals surface area (Å²) < 4.78 is 5.30. The number of benzene rings is 2. The monoisotopic (exact) mass is 436 g/mol. The highest BCUT2D eigenvalue weighted by Gasteiger charge is 2.35. The number of rotatable bonds is 6. The number of carbonyl (C=O) groups is 1. The Morgan fingerprint density at radius 1 is 1.29 bits per heavy atom. The molecule has 8 nitrogen and oxygen atoms in total. The average molecular weight is 436 g/mol. The van der Waals surface area contributed by atoms with Crippen molar-refractivity contribution in [2.45, 2.75) is 12.8 Å². The van der Waals surface area contributed by atoms with E-state index in [1.807, 2.05) is 6.26 Å². The predicted octanol–water partition coefficient (Wildman–Crippen LogP) is 4.30. The van der Waals surface area contributed by atoms with Gasteiger partial charge in [-0.15, -0.1) is 11.8 Å². The second kappa shape index (κ2) is 9.36. The minimum atomic E-state index is -0.761. The largest absolute Gasteiger partial charge is 0.495 e. The number of methoxy groups -OCH3 is 1. The average Bonchev–Trinajstić information content (AvgIpc) is 2.78. The van der Waals surface area contributed by atoms with Crippen molar-refractivity contribution in [1.29, 1.82) is 5.26 Å². The van der Waals surface area contributed by atoms with Gasteiger partial charge in [0.25, 0.3) is 11.6 Å². The normalized spacial score (nSPS) is 15.7. The van der Waals surface area contributed by atoms with Crippen molar-refractivity contribution in [2.24, 2.45) is 0 Å². The van der Waals surface area contributed by atoms with Crippen molar-refractivity contribution in [3.8, 4) is 11.8 Å². The Morgan fingerprint density at radius 3 is 2.68 bits per heavy atom. The van der Waals surface area contributed by atoms with Crippen LogP contribution in [0.5, 0.6) is 5.75 Å². The zero-order valence-corrected chi connectivity index (χ0v) is 17.9.